The third kappa shape index (κ3) is 3.18. The number of morpholine rings is 1. The molecular weight excluding hydrogens is 257 g/mol. The summed E-state index contributed by atoms with van der Waals surface area (Å²) in [6.07, 6.45) is -2.32. The number of pyridine rings is 1. The van der Waals surface area contributed by atoms with Crippen molar-refractivity contribution in [2.24, 2.45) is 0 Å². The summed E-state index contributed by atoms with van der Waals surface area (Å²) in [5, 5.41) is 0. The van der Waals surface area contributed by atoms with Crippen LogP contribution in [0.2, 0.25) is 0 Å². The lowest BCUT2D eigenvalue weighted by Gasteiger charge is -2.40. The molecule has 1 unspecified atom stereocenters. The van der Waals surface area contributed by atoms with Gasteiger partial charge in [-0.05, 0) is 25.5 Å². The molecule has 1 aliphatic heterocycles. The van der Waals surface area contributed by atoms with E-state index in [9.17, 15) is 13.2 Å². The van der Waals surface area contributed by atoms with E-state index in [1.807, 2.05) is 18.7 Å². The van der Waals surface area contributed by atoms with Gasteiger partial charge >= 0.3 is 6.18 Å². The average Bonchev–Trinajstić information content (AvgIpc) is 2.38. The highest BCUT2D eigenvalue weighted by molar-refractivity contribution is 5.42. The summed E-state index contributed by atoms with van der Waals surface area (Å²) in [7, 11) is 0. The summed E-state index contributed by atoms with van der Waals surface area (Å²) < 4.78 is 43.7. The number of hydrogen-bond acceptors (Lipinski definition) is 3. The van der Waals surface area contributed by atoms with Gasteiger partial charge in [-0.3, -0.25) is 0 Å². The second-order valence-electron chi connectivity index (χ2n) is 4.97. The molecule has 1 atom stereocenters. The molecule has 2 rings (SSSR count). The van der Waals surface area contributed by atoms with Gasteiger partial charge in [0.05, 0.1) is 17.8 Å². The van der Waals surface area contributed by atoms with Gasteiger partial charge in [-0.2, -0.15) is 13.2 Å². The first kappa shape index (κ1) is 14.1. The number of ether oxygens (including phenoxy) is 1. The van der Waals surface area contributed by atoms with Crippen LogP contribution in [0.1, 0.15) is 25.8 Å². The van der Waals surface area contributed by atoms with Gasteiger partial charge in [0.25, 0.3) is 0 Å². The summed E-state index contributed by atoms with van der Waals surface area (Å²) in [4.78, 5) is 5.90. The van der Waals surface area contributed by atoms with Gasteiger partial charge < -0.3 is 9.64 Å². The summed E-state index contributed by atoms with van der Waals surface area (Å²) >= 11 is 0. The van der Waals surface area contributed by atoms with Gasteiger partial charge in [-0.15, -0.1) is 0 Å². The van der Waals surface area contributed by atoms with Crippen LogP contribution in [0.3, 0.4) is 0 Å². The molecule has 2 heterocycles. The van der Waals surface area contributed by atoms with Crippen molar-refractivity contribution in [1.29, 1.82) is 0 Å². The maximum absolute atomic E-state index is 12.7. The van der Waals surface area contributed by atoms with Crippen molar-refractivity contribution in [3.63, 3.8) is 0 Å². The van der Waals surface area contributed by atoms with Gasteiger partial charge in [0.15, 0.2) is 0 Å². The molecular formula is C13H17F3N2O. The summed E-state index contributed by atoms with van der Waals surface area (Å²) in [6.45, 7) is 5.58. The first-order chi connectivity index (χ1) is 8.84. The zero-order chi connectivity index (χ0) is 14.1. The van der Waals surface area contributed by atoms with Crippen LogP contribution in [0.15, 0.2) is 18.3 Å². The molecule has 0 aromatic carbocycles. The lowest BCUT2D eigenvalue weighted by atomic mass is 10.0. The van der Waals surface area contributed by atoms with Crippen LogP contribution in [-0.4, -0.2) is 30.3 Å². The molecule has 0 aliphatic carbocycles. The predicted octanol–water partition coefficient (Wildman–Crippen LogP) is 3.11. The van der Waals surface area contributed by atoms with Crippen molar-refractivity contribution in [3.8, 4) is 0 Å². The zero-order valence-electron chi connectivity index (χ0n) is 11.0. The van der Waals surface area contributed by atoms with Crippen molar-refractivity contribution in [1.82, 2.24) is 4.98 Å². The van der Waals surface area contributed by atoms with E-state index in [1.54, 1.807) is 0 Å². The first-order valence-electron chi connectivity index (χ1n) is 6.26. The molecule has 0 spiro atoms. The number of anilines is 1. The molecule has 1 aromatic heterocycles. The Balaban J connectivity index is 2.22. The zero-order valence-corrected chi connectivity index (χ0v) is 11.0. The van der Waals surface area contributed by atoms with Crippen LogP contribution in [0.5, 0.6) is 0 Å². The Labute approximate surface area is 110 Å². The van der Waals surface area contributed by atoms with Gasteiger partial charge in [0.1, 0.15) is 5.82 Å². The number of alkyl halides is 3. The summed E-state index contributed by atoms with van der Waals surface area (Å²) in [6, 6.07) is 2.09. The Hall–Kier alpha value is -1.30. The highest BCUT2D eigenvalue weighted by Crippen LogP contribution is 2.32. The maximum Gasteiger partial charge on any atom is 0.416 e. The lowest BCUT2D eigenvalue weighted by molar-refractivity contribution is -0.137. The maximum atomic E-state index is 12.7. The van der Waals surface area contributed by atoms with E-state index >= 15 is 0 Å². The molecule has 0 radical (unpaired) electrons. The minimum atomic E-state index is -4.34. The smallest absolute Gasteiger partial charge is 0.372 e. The van der Waals surface area contributed by atoms with Crippen LogP contribution in [0.4, 0.5) is 19.0 Å². The highest BCUT2D eigenvalue weighted by Gasteiger charge is 2.34. The van der Waals surface area contributed by atoms with Crippen LogP contribution >= 0.6 is 0 Å². The Morgan fingerprint density at radius 2 is 2.21 bits per heavy atom. The second kappa shape index (κ2) is 5.00. The van der Waals surface area contributed by atoms with Crippen molar-refractivity contribution >= 4 is 5.82 Å². The number of aromatic nitrogens is 1. The van der Waals surface area contributed by atoms with Gasteiger partial charge in [0, 0.05) is 19.3 Å². The minimum Gasteiger partial charge on any atom is -0.372 e. The molecule has 19 heavy (non-hydrogen) atoms. The second-order valence-corrected chi connectivity index (χ2v) is 4.97. The molecule has 1 aliphatic rings. The molecule has 0 N–H and O–H groups in total. The minimum absolute atomic E-state index is 0.325. The van der Waals surface area contributed by atoms with Crippen LogP contribution in [0, 0.1) is 0 Å². The predicted molar refractivity (Wildman–Crippen MR) is 66.1 cm³/mol. The molecule has 1 aromatic rings. The monoisotopic (exact) mass is 274 g/mol. The molecule has 0 bridgehead atoms. The van der Waals surface area contributed by atoms with E-state index < -0.39 is 11.7 Å². The number of nitrogens with zero attached hydrogens (tertiary/aromatic N) is 2. The average molecular weight is 274 g/mol. The Kier molecular flexibility index (Phi) is 3.71. The van der Waals surface area contributed by atoms with E-state index in [1.165, 1.54) is 6.20 Å². The molecule has 6 heteroatoms. The van der Waals surface area contributed by atoms with E-state index in [0.717, 1.165) is 18.6 Å². The standard InChI is InChI=1S/C13H17F3N2O/c1-3-12(2)9-18(6-7-19-12)11-8-10(4-5-17-11)13(14,15)16/h4-5,8H,3,6-7,9H2,1-2H3. The molecule has 1 fully saturated rings. The largest absolute Gasteiger partial charge is 0.416 e. The van der Waals surface area contributed by atoms with E-state index in [-0.39, 0.29) is 5.60 Å². The fourth-order valence-corrected chi connectivity index (χ4v) is 2.11. The molecule has 0 amide bonds. The third-order valence-electron chi connectivity index (χ3n) is 3.48. The highest BCUT2D eigenvalue weighted by atomic mass is 19.4. The van der Waals surface area contributed by atoms with Gasteiger partial charge in [-0.1, -0.05) is 6.92 Å². The number of halogens is 3. The topological polar surface area (TPSA) is 25.4 Å². The summed E-state index contributed by atoms with van der Waals surface area (Å²) in [5.41, 5.74) is -0.990. The fourth-order valence-electron chi connectivity index (χ4n) is 2.11. The Morgan fingerprint density at radius 3 is 2.84 bits per heavy atom. The van der Waals surface area contributed by atoms with Crippen molar-refractivity contribution in [2.45, 2.75) is 32.0 Å². The first-order valence-corrected chi connectivity index (χ1v) is 6.26. The molecule has 106 valence electrons. The van der Waals surface area contributed by atoms with Crippen molar-refractivity contribution in [2.75, 3.05) is 24.6 Å². The third-order valence-corrected chi connectivity index (χ3v) is 3.48. The quantitative estimate of drug-likeness (QED) is 0.828. The number of hydrogen-bond donors (Lipinski definition) is 0. The van der Waals surface area contributed by atoms with Gasteiger partial charge in [-0.25, -0.2) is 4.98 Å². The molecule has 1 saturated heterocycles. The van der Waals surface area contributed by atoms with Gasteiger partial charge in [0.2, 0.25) is 0 Å². The lowest BCUT2D eigenvalue weighted by Crippen LogP contribution is -2.50. The SMILES string of the molecule is CCC1(C)CN(c2cc(C(F)(F)F)ccn2)CCO1. The van der Waals surface area contributed by atoms with E-state index in [4.69, 9.17) is 4.74 Å². The molecule has 3 nitrogen and oxygen atoms in total. The Bertz CT molecular complexity index is 450. The number of rotatable bonds is 2. The van der Waals surface area contributed by atoms with E-state index in [2.05, 4.69) is 4.98 Å². The van der Waals surface area contributed by atoms with Crippen molar-refractivity contribution in [3.05, 3.63) is 23.9 Å². The van der Waals surface area contributed by atoms with Crippen LogP contribution in [0.25, 0.3) is 0 Å². The normalized spacial score (nSPS) is 24.6. The molecule has 0 saturated carbocycles. The summed E-state index contributed by atoms with van der Waals surface area (Å²) in [5.74, 6) is 0.359. The van der Waals surface area contributed by atoms with Crippen LogP contribution < -0.4 is 4.90 Å². The Morgan fingerprint density at radius 1 is 1.47 bits per heavy atom. The van der Waals surface area contributed by atoms with E-state index in [0.29, 0.717) is 25.5 Å². The van der Waals surface area contributed by atoms with Crippen molar-refractivity contribution < 1.29 is 17.9 Å². The fraction of sp³-hybridized carbons (Fsp3) is 0.615. The van der Waals surface area contributed by atoms with Crippen LogP contribution in [-0.2, 0) is 10.9 Å².